The Morgan fingerprint density at radius 1 is 0.917 bits per heavy atom. The van der Waals surface area contributed by atoms with Crippen molar-refractivity contribution in [3.05, 3.63) is 77.9 Å². The molecule has 4 fully saturated rings. The maximum absolute atomic E-state index is 12.9. The van der Waals surface area contributed by atoms with Gasteiger partial charge in [0.1, 0.15) is 5.75 Å². The van der Waals surface area contributed by atoms with Crippen molar-refractivity contribution in [2.45, 2.75) is 94.0 Å². The molecule has 3 saturated heterocycles. The van der Waals surface area contributed by atoms with Gasteiger partial charge >= 0.3 is 0 Å². The van der Waals surface area contributed by atoms with Gasteiger partial charge in [0.15, 0.2) is 0 Å². The Balaban J connectivity index is 1.30. The standard InChI is InChI=1S/C31H39N3O2/c1-2-19-33-26-15-16-27(33)29-18-17-28(26)34(29)30(23-7-6-10-25(35)20-23)21-11-13-22(14-12-21)31(36)32-24-8-4-3-5-9-24/h2,6-7,10-14,20,24,26-30,35H,1,3-5,8-9,15-19H2,(H,32,36). The number of hydrogen-bond acceptors (Lipinski definition) is 4. The van der Waals surface area contributed by atoms with E-state index in [9.17, 15) is 9.90 Å². The van der Waals surface area contributed by atoms with E-state index in [-0.39, 0.29) is 11.9 Å². The van der Waals surface area contributed by atoms with Crippen LogP contribution in [0.15, 0.2) is 61.2 Å². The quantitative estimate of drug-likeness (QED) is 0.515. The highest BCUT2D eigenvalue weighted by Crippen LogP contribution is 2.50. The topological polar surface area (TPSA) is 55.8 Å². The first kappa shape index (κ1) is 23.7. The molecular formula is C31H39N3O2. The van der Waals surface area contributed by atoms with Crippen molar-refractivity contribution in [3.63, 3.8) is 0 Å². The van der Waals surface area contributed by atoms with Crippen molar-refractivity contribution in [1.82, 2.24) is 15.1 Å². The smallest absolute Gasteiger partial charge is 0.251 e. The lowest BCUT2D eigenvalue weighted by atomic mass is 9.91. The zero-order chi connectivity index (χ0) is 24.6. The Morgan fingerprint density at radius 2 is 1.58 bits per heavy atom. The summed E-state index contributed by atoms with van der Waals surface area (Å²) in [7, 11) is 0. The van der Waals surface area contributed by atoms with Gasteiger partial charge in [0.05, 0.1) is 6.04 Å². The van der Waals surface area contributed by atoms with Gasteiger partial charge in [0.2, 0.25) is 0 Å². The summed E-state index contributed by atoms with van der Waals surface area (Å²) in [5, 5.41) is 13.6. The van der Waals surface area contributed by atoms with Crippen molar-refractivity contribution >= 4 is 5.91 Å². The first-order valence-electron chi connectivity index (χ1n) is 14.0. The maximum atomic E-state index is 12.9. The van der Waals surface area contributed by atoms with Gasteiger partial charge in [0.25, 0.3) is 5.91 Å². The SMILES string of the molecule is C=CCN1C2CCC1C1CCC2N1C(c1ccc(C(=O)NC2CCCCC2)cc1)c1cccc(O)c1. The van der Waals surface area contributed by atoms with Crippen LogP contribution >= 0.6 is 0 Å². The zero-order valence-corrected chi connectivity index (χ0v) is 21.2. The number of phenolic OH excluding ortho intramolecular Hbond substituents is 1. The molecule has 0 aromatic heterocycles. The summed E-state index contributed by atoms with van der Waals surface area (Å²) >= 11 is 0. The number of piperazine rings is 1. The molecule has 4 aliphatic rings. The lowest BCUT2D eigenvalue weighted by Gasteiger charge is -2.50. The third kappa shape index (κ3) is 4.26. The summed E-state index contributed by atoms with van der Waals surface area (Å²) in [5.41, 5.74) is 3.06. The van der Waals surface area contributed by atoms with Crippen LogP contribution < -0.4 is 5.32 Å². The van der Waals surface area contributed by atoms with Gasteiger partial charge in [-0.15, -0.1) is 6.58 Å². The van der Waals surface area contributed by atoms with E-state index in [2.05, 4.69) is 46.0 Å². The molecule has 1 aliphatic carbocycles. The Morgan fingerprint density at radius 3 is 2.22 bits per heavy atom. The number of nitrogens with zero attached hydrogens (tertiary/aromatic N) is 2. The third-order valence-electron chi connectivity index (χ3n) is 9.28. The number of hydrogen-bond donors (Lipinski definition) is 2. The van der Waals surface area contributed by atoms with Gasteiger partial charge < -0.3 is 10.4 Å². The van der Waals surface area contributed by atoms with Gasteiger partial charge in [-0.3, -0.25) is 14.6 Å². The molecule has 5 heteroatoms. The number of nitrogens with one attached hydrogen (secondary N) is 1. The minimum atomic E-state index is 0.0403. The molecule has 2 N–H and O–H groups in total. The van der Waals surface area contributed by atoms with Gasteiger partial charge in [-0.25, -0.2) is 0 Å². The second kappa shape index (κ2) is 10.0. The number of carbonyl (C=O) groups is 1. The van der Waals surface area contributed by atoms with Gasteiger partial charge in [-0.1, -0.05) is 49.6 Å². The minimum Gasteiger partial charge on any atom is -0.508 e. The Bertz CT molecular complexity index is 1070. The van der Waals surface area contributed by atoms with Crippen LogP contribution in [-0.4, -0.2) is 57.6 Å². The molecule has 0 radical (unpaired) electrons. The lowest BCUT2D eigenvalue weighted by Crippen LogP contribution is -2.60. The zero-order valence-electron chi connectivity index (χ0n) is 21.2. The van der Waals surface area contributed by atoms with Crippen molar-refractivity contribution in [2.24, 2.45) is 0 Å². The van der Waals surface area contributed by atoms with E-state index >= 15 is 0 Å². The second-order valence-electron chi connectivity index (χ2n) is 11.3. The molecule has 0 spiro atoms. The first-order valence-corrected chi connectivity index (χ1v) is 14.0. The van der Waals surface area contributed by atoms with E-state index in [1.807, 2.05) is 24.3 Å². The van der Waals surface area contributed by atoms with E-state index < -0.39 is 0 Å². The largest absolute Gasteiger partial charge is 0.508 e. The summed E-state index contributed by atoms with van der Waals surface area (Å²) in [4.78, 5) is 18.4. The molecule has 36 heavy (non-hydrogen) atoms. The maximum Gasteiger partial charge on any atom is 0.251 e. The van der Waals surface area contributed by atoms with Crippen LogP contribution in [0, 0.1) is 0 Å². The summed E-state index contributed by atoms with van der Waals surface area (Å²) in [6.07, 6.45) is 12.9. The molecule has 5 nitrogen and oxygen atoms in total. The number of aromatic hydroxyl groups is 1. The third-order valence-corrected chi connectivity index (χ3v) is 9.28. The fraction of sp³-hybridized carbons (Fsp3) is 0.516. The van der Waals surface area contributed by atoms with E-state index in [1.165, 1.54) is 50.5 Å². The molecule has 6 rings (SSSR count). The monoisotopic (exact) mass is 485 g/mol. The average Bonchev–Trinajstić information content (AvgIpc) is 3.40. The molecule has 5 unspecified atom stereocenters. The Hall–Kier alpha value is -2.63. The molecule has 190 valence electrons. The summed E-state index contributed by atoms with van der Waals surface area (Å²) in [6, 6.07) is 18.5. The summed E-state index contributed by atoms with van der Waals surface area (Å²) < 4.78 is 0. The fourth-order valence-corrected chi connectivity index (χ4v) is 7.78. The number of amides is 1. The molecule has 4 bridgehead atoms. The molecule has 5 atom stereocenters. The van der Waals surface area contributed by atoms with E-state index in [1.54, 1.807) is 6.07 Å². The van der Waals surface area contributed by atoms with E-state index in [4.69, 9.17) is 0 Å². The van der Waals surface area contributed by atoms with Crippen LogP contribution in [0.1, 0.15) is 85.3 Å². The second-order valence-corrected chi connectivity index (χ2v) is 11.3. The fourth-order valence-electron chi connectivity index (χ4n) is 7.78. The predicted octanol–water partition coefficient (Wildman–Crippen LogP) is 5.41. The number of carbonyl (C=O) groups excluding carboxylic acids is 1. The molecule has 2 aromatic carbocycles. The van der Waals surface area contributed by atoms with Crippen molar-refractivity contribution < 1.29 is 9.90 Å². The first-order chi connectivity index (χ1) is 17.6. The normalized spacial score (nSPS) is 29.2. The molecule has 2 aromatic rings. The van der Waals surface area contributed by atoms with Crippen molar-refractivity contribution in [2.75, 3.05) is 6.54 Å². The predicted molar refractivity (Wildman–Crippen MR) is 143 cm³/mol. The lowest BCUT2D eigenvalue weighted by molar-refractivity contribution is -0.00329. The van der Waals surface area contributed by atoms with Crippen LogP contribution in [-0.2, 0) is 0 Å². The Labute approximate surface area is 215 Å². The highest BCUT2D eigenvalue weighted by molar-refractivity contribution is 5.94. The van der Waals surface area contributed by atoms with E-state index in [0.717, 1.165) is 30.5 Å². The van der Waals surface area contributed by atoms with Crippen LogP contribution in [0.2, 0.25) is 0 Å². The number of fused-ring (bicyclic) bond motifs is 6. The molecule has 1 amide bonds. The van der Waals surface area contributed by atoms with Gasteiger partial charge in [-0.05, 0) is 73.9 Å². The van der Waals surface area contributed by atoms with Crippen LogP contribution in [0.25, 0.3) is 0 Å². The van der Waals surface area contributed by atoms with Crippen LogP contribution in [0.4, 0.5) is 0 Å². The van der Waals surface area contributed by atoms with Crippen LogP contribution in [0.3, 0.4) is 0 Å². The summed E-state index contributed by atoms with van der Waals surface area (Å²) in [6.45, 7) is 4.99. The number of benzene rings is 2. The molecule has 3 heterocycles. The van der Waals surface area contributed by atoms with Crippen molar-refractivity contribution in [3.8, 4) is 5.75 Å². The van der Waals surface area contributed by atoms with Gasteiger partial charge in [0, 0.05) is 42.3 Å². The Kier molecular flexibility index (Phi) is 6.61. The highest BCUT2D eigenvalue weighted by Gasteiger charge is 2.56. The number of phenols is 1. The van der Waals surface area contributed by atoms with Gasteiger partial charge in [-0.2, -0.15) is 0 Å². The molecular weight excluding hydrogens is 446 g/mol. The average molecular weight is 486 g/mol. The van der Waals surface area contributed by atoms with Crippen molar-refractivity contribution in [1.29, 1.82) is 0 Å². The van der Waals surface area contributed by atoms with E-state index in [0.29, 0.717) is 36.0 Å². The number of rotatable bonds is 7. The summed E-state index contributed by atoms with van der Waals surface area (Å²) in [5.74, 6) is 0.347. The molecule has 3 aliphatic heterocycles. The highest BCUT2D eigenvalue weighted by atomic mass is 16.3. The minimum absolute atomic E-state index is 0.0403. The molecule has 1 saturated carbocycles. The van der Waals surface area contributed by atoms with Crippen LogP contribution in [0.5, 0.6) is 5.75 Å².